The number of carbonyl (C=O) groups is 1. The van der Waals surface area contributed by atoms with Crippen LogP contribution in [0.15, 0.2) is 60.3 Å². The number of ether oxygens (including phenoxy) is 1. The lowest BCUT2D eigenvalue weighted by atomic mass is 10.1. The van der Waals surface area contributed by atoms with Crippen LogP contribution in [-0.4, -0.2) is 33.0 Å². The number of aryl methyl sites for hydroxylation is 2. The first kappa shape index (κ1) is 21.6. The Bertz CT molecular complexity index is 1060. The van der Waals surface area contributed by atoms with Gasteiger partial charge in [0.05, 0.1) is 17.9 Å². The lowest BCUT2D eigenvalue weighted by Crippen LogP contribution is -2.23. The molecule has 3 rings (SSSR count). The fourth-order valence-electron chi connectivity index (χ4n) is 3.01. The minimum atomic E-state index is -0.358. The Morgan fingerprint density at radius 3 is 2.77 bits per heavy atom. The summed E-state index contributed by atoms with van der Waals surface area (Å²) in [6.07, 6.45) is 1.78. The van der Waals surface area contributed by atoms with Crippen molar-refractivity contribution in [3.63, 3.8) is 0 Å². The highest BCUT2D eigenvalue weighted by Gasteiger charge is 2.22. The molecule has 0 aliphatic carbocycles. The monoisotopic (exact) mass is 422 g/mol. The van der Waals surface area contributed by atoms with Crippen molar-refractivity contribution in [1.82, 2.24) is 14.8 Å². The molecule has 1 atom stereocenters. The highest BCUT2D eigenvalue weighted by molar-refractivity contribution is 8.00. The van der Waals surface area contributed by atoms with Gasteiger partial charge >= 0.3 is 0 Å². The normalized spacial score (nSPS) is 11.7. The third-order valence-corrected chi connectivity index (χ3v) is 5.76. The topological polar surface area (TPSA) is 69.0 Å². The van der Waals surface area contributed by atoms with Crippen LogP contribution in [0, 0.1) is 13.8 Å². The van der Waals surface area contributed by atoms with Gasteiger partial charge in [0.15, 0.2) is 11.0 Å². The number of hydrogen-bond acceptors (Lipinski definition) is 5. The first-order valence-electron chi connectivity index (χ1n) is 9.66. The summed E-state index contributed by atoms with van der Waals surface area (Å²) in [5, 5.41) is 12.0. The van der Waals surface area contributed by atoms with Crippen molar-refractivity contribution >= 4 is 23.4 Å². The van der Waals surface area contributed by atoms with Gasteiger partial charge in [-0.1, -0.05) is 42.1 Å². The molecule has 0 unspecified atom stereocenters. The zero-order valence-corrected chi connectivity index (χ0v) is 18.5. The predicted molar refractivity (Wildman–Crippen MR) is 122 cm³/mol. The maximum Gasteiger partial charge on any atom is 0.237 e. The number of nitrogens with zero attached hydrogens (tertiary/aromatic N) is 3. The van der Waals surface area contributed by atoms with E-state index in [1.165, 1.54) is 11.8 Å². The molecule has 30 heavy (non-hydrogen) atoms. The number of thioether (sulfide) groups is 1. The van der Waals surface area contributed by atoms with Gasteiger partial charge in [0, 0.05) is 12.2 Å². The lowest BCUT2D eigenvalue weighted by Gasteiger charge is -2.15. The summed E-state index contributed by atoms with van der Waals surface area (Å²) in [4.78, 5) is 12.8. The second-order valence-corrected chi connectivity index (χ2v) is 8.28. The Morgan fingerprint density at radius 1 is 1.27 bits per heavy atom. The molecule has 0 radical (unpaired) electrons. The predicted octanol–water partition coefficient (Wildman–Crippen LogP) is 4.88. The third kappa shape index (κ3) is 4.74. The van der Waals surface area contributed by atoms with Gasteiger partial charge in [0.1, 0.15) is 5.75 Å². The van der Waals surface area contributed by atoms with E-state index in [0.717, 1.165) is 22.4 Å². The van der Waals surface area contributed by atoms with Crippen LogP contribution < -0.4 is 10.1 Å². The van der Waals surface area contributed by atoms with Gasteiger partial charge in [-0.05, 0) is 50.1 Å². The van der Waals surface area contributed by atoms with Crippen molar-refractivity contribution in [2.24, 2.45) is 0 Å². The standard InChI is InChI=1S/C23H26N4O2S/c1-6-13-27-21(18-9-7-8-10-20(18)29-5)25-26-23(27)30-17(4)22(28)24-19-14-15(2)11-12-16(19)3/h6-12,14,17H,1,13H2,2-5H3,(H,24,28)/t17-/m1/s1. The Labute approximate surface area is 181 Å². The van der Waals surface area contributed by atoms with Crippen molar-refractivity contribution in [3.8, 4) is 17.1 Å². The van der Waals surface area contributed by atoms with E-state index < -0.39 is 0 Å². The number of carbonyl (C=O) groups excluding carboxylic acids is 1. The third-order valence-electron chi connectivity index (χ3n) is 4.68. The van der Waals surface area contributed by atoms with E-state index in [4.69, 9.17) is 4.74 Å². The van der Waals surface area contributed by atoms with Crippen molar-refractivity contribution in [1.29, 1.82) is 0 Å². The second kappa shape index (κ2) is 9.63. The molecule has 0 saturated carbocycles. The number of hydrogen-bond donors (Lipinski definition) is 1. The zero-order chi connectivity index (χ0) is 21.7. The summed E-state index contributed by atoms with van der Waals surface area (Å²) in [5.74, 6) is 1.31. The van der Waals surface area contributed by atoms with Gasteiger partial charge in [-0.3, -0.25) is 9.36 Å². The molecule has 2 aromatic carbocycles. The first-order valence-corrected chi connectivity index (χ1v) is 10.5. The van der Waals surface area contributed by atoms with Crippen LogP contribution in [0.25, 0.3) is 11.4 Å². The van der Waals surface area contributed by atoms with E-state index in [2.05, 4.69) is 22.1 Å². The van der Waals surface area contributed by atoms with E-state index >= 15 is 0 Å². The second-order valence-electron chi connectivity index (χ2n) is 6.97. The van der Waals surface area contributed by atoms with Crippen LogP contribution >= 0.6 is 11.8 Å². The molecule has 0 fully saturated rings. The summed E-state index contributed by atoms with van der Waals surface area (Å²) < 4.78 is 7.41. The molecule has 0 saturated heterocycles. The van der Waals surface area contributed by atoms with Crippen LogP contribution in [0.2, 0.25) is 0 Å². The average molecular weight is 423 g/mol. The fraction of sp³-hybridized carbons (Fsp3) is 0.261. The minimum Gasteiger partial charge on any atom is -0.496 e. The van der Waals surface area contributed by atoms with Crippen LogP contribution in [0.3, 0.4) is 0 Å². The van der Waals surface area contributed by atoms with Crippen molar-refractivity contribution in [2.45, 2.75) is 37.7 Å². The molecule has 7 heteroatoms. The quantitative estimate of drug-likeness (QED) is 0.414. The molecule has 0 aliphatic rings. The Balaban J connectivity index is 1.84. The lowest BCUT2D eigenvalue weighted by molar-refractivity contribution is -0.115. The molecule has 1 amide bonds. The minimum absolute atomic E-state index is 0.0827. The summed E-state index contributed by atoms with van der Waals surface area (Å²) in [6.45, 7) is 10.2. The van der Waals surface area contributed by atoms with Crippen LogP contribution in [-0.2, 0) is 11.3 Å². The first-order chi connectivity index (χ1) is 14.4. The maximum absolute atomic E-state index is 12.8. The smallest absolute Gasteiger partial charge is 0.237 e. The average Bonchev–Trinajstić information content (AvgIpc) is 3.13. The number of anilines is 1. The van der Waals surface area contributed by atoms with Crippen LogP contribution in [0.1, 0.15) is 18.1 Å². The molecule has 156 valence electrons. The van der Waals surface area contributed by atoms with Crippen molar-refractivity contribution in [2.75, 3.05) is 12.4 Å². The number of benzene rings is 2. The van der Waals surface area contributed by atoms with Gasteiger partial charge in [0.25, 0.3) is 0 Å². The Hall–Kier alpha value is -3.06. The largest absolute Gasteiger partial charge is 0.496 e. The van der Waals surface area contributed by atoms with Gasteiger partial charge < -0.3 is 10.1 Å². The number of amides is 1. The molecule has 0 aliphatic heterocycles. The highest BCUT2D eigenvalue weighted by atomic mass is 32.2. The summed E-state index contributed by atoms with van der Waals surface area (Å²) in [7, 11) is 1.63. The van der Waals surface area contributed by atoms with Gasteiger partial charge in [-0.15, -0.1) is 16.8 Å². The molecule has 1 heterocycles. The van der Waals surface area contributed by atoms with E-state index in [9.17, 15) is 4.79 Å². The molecule has 6 nitrogen and oxygen atoms in total. The van der Waals surface area contributed by atoms with Gasteiger partial charge in [0.2, 0.25) is 5.91 Å². The van der Waals surface area contributed by atoms with Crippen LogP contribution in [0.5, 0.6) is 5.75 Å². The zero-order valence-electron chi connectivity index (χ0n) is 17.7. The molecule has 1 N–H and O–H groups in total. The van der Waals surface area contributed by atoms with E-state index in [0.29, 0.717) is 23.3 Å². The summed E-state index contributed by atoms with van der Waals surface area (Å²) in [5.41, 5.74) is 3.80. The molecule has 3 aromatic rings. The van der Waals surface area contributed by atoms with E-state index in [-0.39, 0.29) is 11.2 Å². The number of para-hydroxylation sites is 1. The number of allylic oxidation sites excluding steroid dienone is 1. The molecular weight excluding hydrogens is 396 g/mol. The molecule has 1 aromatic heterocycles. The number of aromatic nitrogens is 3. The summed E-state index contributed by atoms with van der Waals surface area (Å²) in [6, 6.07) is 13.7. The SMILES string of the molecule is C=CCn1c(S[C@H](C)C(=O)Nc2cc(C)ccc2C)nnc1-c1ccccc1OC. The number of rotatable bonds is 8. The highest BCUT2D eigenvalue weighted by Crippen LogP contribution is 2.32. The van der Waals surface area contributed by atoms with Crippen molar-refractivity contribution in [3.05, 3.63) is 66.2 Å². The van der Waals surface area contributed by atoms with E-state index in [1.54, 1.807) is 13.2 Å². The Kier molecular flexibility index (Phi) is 6.95. The Morgan fingerprint density at radius 2 is 2.03 bits per heavy atom. The summed E-state index contributed by atoms with van der Waals surface area (Å²) >= 11 is 1.37. The number of nitrogens with one attached hydrogen (secondary N) is 1. The maximum atomic E-state index is 12.8. The van der Waals surface area contributed by atoms with Gasteiger partial charge in [-0.2, -0.15) is 0 Å². The number of methoxy groups -OCH3 is 1. The van der Waals surface area contributed by atoms with Crippen molar-refractivity contribution < 1.29 is 9.53 Å². The van der Waals surface area contributed by atoms with Gasteiger partial charge in [-0.25, -0.2) is 0 Å². The van der Waals surface area contributed by atoms with Crippen LogP contribution in [0.4, 0.5) is 5.69 Å². The molecule has 0 bridgehead atoms. The molecular formula is C23H26N4O2S. The molecule has 0 spiro atoms. The van der Waals surface area contributed by atoms with E-state index in [1.807, 2.05) is 67.8 Å². The fourth-order valence-corrected chi connectivity index (χ4v) is 3.87.